The molecule has 1 unspecified atom stereocenters. The van der Waals surface area contributed by atoms with Crippen LogP contribution in [0.5, 0.6) is 0 Å². The Morgan fingerprint density at radius 3 is 2.67 bits per heavy atom. The number of hydrogen-bond acceptors (Lipinski definition) is 2. The van der Waals surface area contributed by atoms with Gasteiger partial charge in [0.2, 0.25) is 0 Å². The van der Waals surface area contributed by atoms with Crippen LogP contribution in [0.2, 0.25) is 0 Å². The molecule has 2 heteroatoms. The number of aliphatic hydroxyl groups excluding tert-OH is 1. The van der Waals surface area contributed by atoms with Gasteiger partial charge in [-0.1, -0.05) is 37.3 Å². The second-order valence-electron chi connectivity index (χ2n) is 3.97. The number of aliphatic hydroxyl groups is 1. The third kappa shape index (κ3) is 5.55. The summed E-state index contributed by atoms with van der Waals surface area (Å²) in [6, 6.07) is 10.2. The Kier molecular flexibility index (Phi) is 6.05. The van der Waals surface area contributed by atoms with Crippen molar-refractivity contribution in [2.75, 3.05) is 13.2 Å². The summed E-state index contributed by atoms with van der Waals surface area (Å²) >= 11 is 0. The summed E-state index contributed by atoms with van der Waals surface area (Å²) in [7, 11) is 0. The van der Waals surface area contributed by atoms with Crippen LogP contribution in [0.25, 0.3) is 0 Å². The van der Waals surface area contributed by atoms with Crippen molar-refractivity contribution < 1.29 is 9.84 Å². The van der Waals surface area contributed by atoms with Crippen molar-refractivity contribution in [1.82, 2.24) is 0 Å². The van der Waals surface area contributed by atoms with Gasteiger partial charge >= 0.3 is 0 Å². The molecule has 0 fully saturated rings. The SMILES string of the molecule is CC(CO)CCCOCc1ccccc1. The van der Waals surface area contributed by atoms with Gasteiger partial charge in [-0.05, 0) is 24.3 Å². The van der Waals surface area contributed by atoms with Gasteiger partial charge in [0, 0.05) is 13.2 Å². The molecule has 0 amide bonds. The lowest BCUT2D eigenvalue weighted by Gasteiger charge is -2.07. The van der Waals surface area contributed by atoms with Crippen LogP contribution < -0.4 is 0 Å². The number of rotatable bonds is 7. The van der Waals surface area contributed by atoms with E-state index in [0.717, 1.165) is 19.4 Å². The highest BCUT2D eigenvalue weighted by Crippen LogP contribution is 2.05. The smallest absolute Gasteiger partial charge is 0.0716 e. The average Bonchev–Trinajstić information content (AvgIpc) is 2.29. The topological polar surface area (TPSA) is 29.5 Å². The third-order valence-electron chi connectivity index (χ3n) is 2.41. The molecule has 0 bridgehead atoms. The van der Waals surface area contributed by atoms with Crippen LogP contribution in [0.1, 0.15) is 25.3 Å². The number of benzene rings is 1. The van der Waals surface area contributed by atoms with Crippen LogP contribution in [0.15, 0.2) is 30.3 Å². The maximum absolute atomic E-state index is 8.83. The van der Waals surface area contributed by atoms with Gasteiger partial charge in [-0.2, -0.15) is 0 Å². The Labute approximate surface area is 91.9 Å². The molecule has 0 radical (unpaired) electrons. The van der Waals surface area contributed by atoms with E-state index < -0.39 is 0 Å². The normalized spacial score (nSPS) is 12.7. The molecule has 0 aliphatic rings. The lowest BCUT2D eigenvalue weighted by Crippen LogP contribution is -2.03. The van der Waals surface area contributed by atoms with Gasteiger partial charge in [0.25, 0.3) is 0 Å². The summed E-state index contributed by atoms with van der Waals surface area (Å²) in [6.45, 7) is 3.80. The monoisotopic (exact) mass is 208 g/mol. The van der Waals surface area contributed by atoms with Crippen molar-refractivity contribution in [3.05, 3.63) is 35.9 Å². The van der Waals surface area contributed by atoms with Crippen molar-refractivity contribution in [3.63, 3.8) is 0 Å². The van der Waals surface area contributed by atoms with Crippen LogP contribution >= 0.6 is 0 Å². The van der Waals surface area contributed by atoms with Crippen molar-refractivity contribution in [2.24, 2.45) is 5.92 Å². The molecule has 0 spiro atoms. The molecular formula is C13H20O2. The van der Waals surface area contributed by atoms with Gasteiger partial charge in [-0.3, -0.25) is 0 Å². The Balaban J connectivity index is 2.03. The van der Waals surface area contributed by atoms with Gasteiger partial charge < -0.3 is 9.84 Å². The predicted octanol–water partition coefficient (Wildman–Crippen LogP) is 2.61. The quantitative estimate of drug-likeness (QED) is 0.698. The fourth-order valence-electron chi connectivity index (χ4n) is 1.39. The molecule has 2 nitrogen and oxygen atoms in total. The summed E-state index contributed by atoms with van der Waals surface area (Å²) in [5.74, 6) is 0.394. The zero-order valence-corrected chi connectivity index (χ0v) is 9.36. The molecule has 0 saturated heterocycles. The summed E-state index contributed by atoms with van der Waals surface area (Å²) in [4.78, 5) is 0. The minimum Gasteiger partial charge on any atom is -0.396 e. The van der Waals surface area contributed by atoms with Crippen LogP contribution in [-0.2, 0) is 11.3 Å². The van der Waals surface area contributed by atoms with Gasteiger partial charge in [-0.15, -0.1) is 0 Å². The van der Waals surface area contributed by atoms with Gasteiger partial charge in [-0.25, -0.2) is 0 Å². The standard InChI is InChI=1S/C13H20O2/c1-12(10-14)6-5-9-15-11-13-7-3-2-4-8-13/h2-4,7-8,12,14H,5-6,9-11H2,1H3. The molecule has 1 atom stereocenters. The Morgan fingerprint density at radius 2 is 2.00 bits per heavy atom. The first kappa shape index (κ1) is 12.2. The molecule has 0 aliphatic carbocycles. The van der Waals surface area contributed by atoms with Crippen LogP contribution in [-0.4, -0.2) is 18.3 Å². The summed E-state index contributed by atoms with van der Waals surface area (Å²) in [5.41, 5.74) is 1.22. The lowest BCUT2D eigenvalue weighted by atomic mass is 10.1. The van der Waals surface area contributed by atoms with E-state index in [1.165, 1.54) is 5.56 Å². The Morgan fingerprint density at radius 1 is 1.27 bits per heavy atom. The molecular weight excluding hydrogens is 188 g/mol. The molecule has 84 valence electrons. The minimum atomic E-state index is 0.276. The van der Waals surface area contributed by atoms with E-state index in [-0.39, 0.29) is 6.61 Å². The zero-order valence-electron chi connectivity index (χ0n) is 9.36. The average molecular weight is 208 g/mol. The highest BCUT2D eigenvalue weighted by Gasteiger charge is 1.99. The van der Waals surface area contributed by atoms with Gasteiger partial charge in [0.1, 0.15) is 0 Å². The van der Waals surface area contributed by atoms with E-state index in [0.29, 0.717) is 12.5 Å². The molecule has 1 N–H and O–H groups in total. The first-order chi connectivity index (χ1) is 7.33. The maximum Gasteiger partial charge on any atom is 0.0716 e. The highest BCUT2D eigenvalue weighted by molar-refractivity contribution is 5.13. The van der Waals surface area contributed by atoms with E-state index in [9.17, 15) is 0 Å². The minimum absolute atomic E-state index is 0.276. The molecule has 0 aromatic heterocycles. The largest absolute Gasteiger partial charge is 0.396 e. The van der Waals surface area contributed by atoms with Gasteiger partial charge in [0.05, 0.1) is 6.61 Å². The lowest BCUT2D eigenvalue weighted by molar-refractivity contribution is 0.110. The zero-order chi connectivity index (χ0) is 10.9. The van der Waals surface area contributed by atoms with E-state index in [4.69, 9.17) is 9.84 Å². The summed E-state index contributed by atoms with van der Waals surface area (Å²) in [6.07, 6.45) is 2.06. The number of hydrogen-bond donors (Lipinski definition) is 1. The second-order valence-corrected chi connectivity index (χ2v) is 3.97. The maximum atomic E-state index is 8.83. The predicted molar refractivity (Wildman–Crippen MR) is 61.6 cm³/mol. The molecule has 0 heterocycles. The van der Waals surface area contributed by atoms with Crippen LogP contribution in [0.3, 0.4) is 0 Å². The van der Waals surface area contributed by atoms with Crippen molar-refractivity contribution >= 4 is 0 Å². The van der Waals surface area contributed by atoms with Crippen molar-refractivity contribution in [2.45, 2.75) is 26.4 Å². The first-order valence-electron chi connectivity index (χ1n) is 5.55. The third-order valence-corrected chi connectivity index (χ3v) is 2.41. The molecule has 1 aromatic rings. The molecule has 1 rings (SSSR count). The molecule has 1 aromatic carbocycles. The highest BCUT2D eigenvalue weighted by atomic mass is 16.5. The van der Waals surface area contributed by atoms with Crippen LogP contribution in [0, 0.1) is 5.92 Å². The summed E-state index contributed by atoms with van der Waals surface area (Å²) < 4.78 is 5.53. The summed E-state index contributed by atoms with van der Waals surface area (Å²) in [5, 5.41) is 8.83. The van der Waals surface area contributed by atoms with E-state index >= 15 is 0 Å². The van der Waals surface area contributed by atoms with E-state index in [2.05, 4.69) is 19.1 Å². The van der Waals surface area contributed by atoms with Crippen molar-refractivity contribution in [3.8, 4) is 0 Å². The first-order valence-corrected chi connectivity index (χ1v) is 5.55. The number of ether oxygens (including phenoxy) is 1. The molecule has 0 saturated carbocycles. The Bertz CT molecular complexity index is 246. The van der Waals surface area contributed by atoms with E-state index in [1.54, 1.807) is 0 Å². The molecule has 15 heavy (non-hydrogen) atoms. The Hall–Kier alpha value is -0.860. The van der Waals surface area contributed by atoms with E-state index in [1.807, 2.05) is 18.2 Å². The molecule has 0 aliphatic heterocycles. The fraction of sp³-hybridized carbons (Fsp3) is 0.538. The fourth-order valence-corrected chi connectivity index (χ4v) is 1.39. The van der Waals surface area contributed by atoms with Gasteiger partial charge in [0.15, 0.2) is 0 Å². The van der Waals surface area contributed by atoms with Crippen LogP contribution in [0.4, 0.5) is 0 Å². The second kappa shape index (κ2) is 7.43. The van der Waals surface area contributed by atoms with Crippen molar-refractivity contribution in [1.29, 1.82) is 0 Å².